The Balaban J connectivity index is 1.58. The molecule has 0 aliphatic carbocycles. The highest BCUT2D eigenvalue weighted by Crippen LogP contribution is 2.43. The van der Waals surface area contributed by atoms with E-state index in [2.05, 4.69) is 0 Å². The summed E-state index contributed by atoms with van der Waals surface area (Å²) < 4.78 is 30.4. The van der Waals surface area contributed by atoms with Crippen LogP contribution in [-0.2, 0) is 19.6 Å². The van der Waals surface area contributed by atoms with Crippen molar-refractivity contribution in [3.8, 4) is 0 Å². The van der Waals surface area contributed by atoms with Crippen molar-refractivity contribution in [1.29, 1.82) is 0 Å². The van der Waals surface area contributed by atoms with Crippen LogP contribution in [0.1, 0.15) is 22.0 Å². The Bertz CT molecular complexity index is 1310. The lowest BCUT2D eigenvalue weighted by atomic mass is 10.1. The maximum atomic E-state index is 13.4. The summed E-state index contributed by atoms with van der Waals surface area (Å²) in [5.74, 6) is -0.456. The average molecular weight is 497 g/mol. The van der Waals surface area contributed by atoms with Crippen LogP contribution in [0.2, 0.25) is 0 Å². The third kappa shape index (κ3) is 4.95. The van der Waals surface area contributed by atoms with Crippen molar-refractivity contribution in [1.82, 2.24) is 0 Å². The van der Waals surface area contributed by atoms with Gasteiger partial charge in [0.2, 0.25) is 10.0 Å². The van der Waals surface area contributed by atoms with Crippen LogP contribution in [0.3, 0.4) is 0 Å². The van der Waals surface area contributed by atoms with Gasteiger partial charge in [-0.05, 0) is 29.8 Å². The van der Waals surface area contributed by atoms with E-state index in [9.17, 15) is 18.0 Å². The van der Waals surface area contributed by atoms with Crippen molar-refractivity contribution < 1.29 is 22.7 Å². The fourth-order valence-electron chi connectivity index (χ4n) is 3.79. The van der Waals surface area contributed by atoms with E-state index in [1.165, 1.54) is 19.2 Å². The number of fused-ring (bicyclic) bond motifs is 1. The van der Waals surface area contributed by atoms with Gasteiger partial charge in [-0.15, -0.1) is 11.8 Å². The van der Waals surface area contributed by atoms with E-state index < -0.39 is 22.6 Å². The van der Waals surface area contributed by atoms with Gasteiger partial charge in [-0.2, -0.15) is 0 Å². The van der Waals surface area contributed by atoms with Gasteiger partial charge in [-0.3, -0.25) is 14.0 Å². The lowest BCUT2D eigenvalue weighted by Gasteiger charge is -2.37. The fraction of sp³-hybridized carbons (Fsp3) is 0.200. The number of nitrogens with zero attached hydrogens (tertiary/aromatic N) is 2. The van der Waals surface area contributed by atoms with E-state index in [4.69, 9.17) is 4.74 Å². The minimum absolute atomic E-state index is 0.0671. The number of carbonyl (C=O) groups is 2. The van der Waals surface area contributed by atoms with Crippen LogP contribution in [0.25, 0.3) is 0 Å². The molecule has 1 unspecified atom stereocenters. The van der Waals surface area contributed by atoms with Crippen molar-refractivity contribution in [3.05, 3.63) is 90.0 Å². The molecule has 0 saturated heterocycles. The summed E-state index contributed by atoms with van der Waals surface area (Å²) in [6, 6.07) is 23.4. The lowest BCUT2D eigenvalue weighted by Crippen LogP contribution is -2.41. The fourth-order valence-corrected chi connectivity index (χ4v) is 5.48. The van der Waals surface area contributed by atoms with E-state index in [-0.39, 0.29) is 23.2 Å². The molecule has 176 valence electrons. The highest BCUT2D eigenvalue weighted by molar-refractivity contribution is 7.99. The van der Waals surface area contributed by atoms with E-state index >= 15 is 0 Å². The summed E-state index contributed by atoms with van der Waals surface area (Å²) in [7, 11) is -2.22. The molecule has 1 aliphatic rings. The highest BCUT2D eigenvalue weighted by Gasteiger charge is 2.33. The number of ether oxygens (including phenoxy) is 1. The van der Waals surface area contributed by atoms with Crippen LogP contribution in [0.4, 0.5) is 11.4 Å². The number of anilines is 2. The number of hydrogen-bond acceptors (Lipinski definition) is 6. The molecule has 3 aromatic carbocycles. The summed E-state index contributed by atoms with van der Waals surface area (Å²) >= 11 is 1.68. The molecular weight excluding hydrogens is 472 g/mol. The molecule has 0 spiro atoms. The first-order valence-electron chi connectivity index (χ1n) is 10.6. The van der Waals surface area contributed by atoms with Crippen LogP contribution in [0, 0.1) is 0 Å². The van der Waals surface area contributed by atoms with Gasteiger partial charge in [0.25, 0.3) is 5.91 Å². The van der Waals surface area contributed by atoms with Crippen molar-refractivity contribution >= 4 is 45.0 Å². The number of esters is 1. The van der Waals surface area contributed by atoms with Crippen LogP contribution in [0.5, 0.6) is 0 Å². The van der Waals surface area contributed by atoms with Crippen LogP contribution < -0.4 is 9.21 Å². The van der Waals surface area contributed by atoms with Crippen LogP contribution >= 0.6 is 11.8 Å². The van der Waals surface area contributed by atoms with Gasteiger partial charge in [0.1, 0.15) is 0 Å². The monoisotopic (exact) mass is 496 g/mol. The number of sulfonamides is 1. The summed E-state index contributed by atoms with van der Waals surface area (Å²) in [5.41, 5.74) is 2.01. The third-order valence-electron chi connectivity index (χ3n) is 5.57. The second kappa shape index (κ2) is 9.90. The average Bonchev–Trinajstić information content (AvgIpc) is 2.85. The van der Waals surface area contributed by atoms with Crippen molar-refractivity contribution in [3.63, 3.8) is 0 Å². The van der Waals surface area contributed by atoms with Gasteiger partial charge in [0, 0.05) is 17.7 Å². The second-order valence-corrected chi connectivity index (χ2v) is 10.9. The van der Waals surface area contributed by atoms with E-state index in [0.29, 0.717) is 5.75 Å². The first-order valence-corrected chi connectivity index (χ1v) is 13.4. The molecule has 0 radical (unpaired) electrons. The minimum atomic E-state index is -3.58. The summed E-state index contributed by atoms with van der Waals surface area (Å²) in [4.78, 5) is 28.9. The molecular formula is C25H24N2O5S2. The SMILES string of the molecule is CN(c1ccccc1C(=O)OCC(=O)N1c2ccccc2SCC1c1ccccc1)S(C)(=O)=O. The number of amides is 1. The molecule has 0 bridgehead atoms. The molecule has 1 aliphatic heterocycles. The Morgan fingerprint density at radius 2 is 1.65 bits per heavy atom. The Kier molecular flexibility index (Phi) is 6.95. The largest absolute Gasteiger partial charge is 0.452 e. The number of rotatable bonds is 6. The van der Waals surface area contributed by atoms with Crippen molar-refractivity contribution in [2.45, 2.75) is 10.9 Å². The standard InChI is InChI=1S/C25H24N2O5S2/c1-26(34(2,30)31)20-13-7-6-12-19(20)25(29)32-16-24(28)27-21-14-8-9-15-23(21)33-17-22(27)18-10-4-3-5-11-18/h3-15,22H,16-17H2,1-2H3. The third-order valence-corrected chi connectivity index (χ3v) is 7.90. The maximum absolute atomic E-state index is 13.4. The smallest absolute Gasteiger partial charge is 0.340 e. The Morgan fingerprint density at radius 1 is 1.00 bits per heavy atom. The molecule has 3 aromatic rings. The van der Waals surface area contributed by atoms with E-state index in [0.717, 1.165) is 26.7 Å². The van der Waals surface area contributed by atoms with Crippen molar-refractivity contribution in [2.24, 2.45) is 0 Å². The summed E-state index contributed by atoms with van der Waals surface area (Å²) in [6.45, 7) is -0.474. The zero-order valence-corrected chi connectivity index (χ0v) is 20.4. The molecule has 1 amide bonds. The quantitative estimate of drug-likeness (QED) is 0.478. The minimum Gasteiger partial charge on any atom is -0.452 e. The molecule has 1 atom stereocenters. The highest BCUT2D eigenvalue weighted by atomic mass is 32.2. The second-order valence-electron chi connectivity index (χ2n) is 7.79. The van der Waals surface area contributed by atoms with Gasteiger partial charge in [0.05, 0.1) is 29.2 Å². The molecule has 0 fully saturated rings. The number of para-hydroxylation sites is 2. The molecule has 0 aromatic heterocycles. The molecule has 4 rings (SSSR count). The number of carbonyl (C=O) groups excluding carboxylic acids is 2. The van der Waals surface area contributed by atoms with Gasteiger partial charge < -0.3 is 4.74 Å². The Labute approximate surface area is 203 Å². The molecule has 9 heteroatoms. The molecule has 7 nitrogen and oxygen atoms in total. The first-order chi connectivity index (χ1) is 16.3. The number of thioether (sulfide) groups is 1. The van der Waals surface area contributed by atoms with Crippen molar-refractivity contribution in [2.75, 3.05) is 34.9 Å². The van der Waals surface area contributed by atoms with Gasteiger partial charge in [-0.25, -0.2) is 13.2 Å². The zero-order chi connectivity index (χ0) is 24.3. The van der Waals surface area contributed by atoms with Crippen LogP contribution in [-0.4, -0.2) is 46.0 Å². The van der Waals surface area contributed by atoms with Gasteiger partial charge in [0.15, 0.2) is 6.61 Å². The topological polar surface area (TPSA) is 84.0 Å². The van der Waals surface area contributed by atoms with Gasteiger partial charge in [-0.1, -0.05) is 54.6 Å². The Morgan fingerprint density at radius 3 is 2.38 bits per heavy atom. The first kappa shape index (κ1) is 23.8. The van der Waals surface area contributed by atoms with Gasteiger partial charge >= 0.3 is 5.97 Å². The van der Waals surface area contributed by atoms with E-state index in [1.807, 2.05) is 54.6 Å². The predicted molar refractivity (Wildman–Crippen MR) is 134 cm³/mol. The predicted octanol–water partition coefficient (Wildman–Crippen LogP) is 4.12. The molecule has 0 N–H and O–H groups in total. The molecule has 34 heavy (non-hydrogen) atoms. The number of benzene rings is 3. The molecule has 0 saturated carbocycles. The number of hydrogen-bond donors (Lipinski definition) is 0. The maximum Gasteiger partial charge on any atom is 0.340 e. The van der Waals surface area contributed by atoms with Crippen LogP contribution in [0.15, 0.2) is 83.8 Å². The summed E-state index contributed by atoms with van der Waals surface area (Å²) in [5, 5.41) is 0. The summed E-state index contributed by atoms with van der Waals surface area (Å²) in [6.07, 6.45) is 1.05. The zero-order valence-electron chi connectivity index (χ0n) is 18.7. The lowest BCUT2D eigenvalue weighted by molar-refractivity contribution is -0.122. The Hall–Kier alpha value is -3.30. The molecule has 1 heterocycles. The van der Waals surface area contributed by atoms with E-state index in [1.54, 1.807) is 28.8 Å². The normalized spacial score (nSPS) is 15.4.